The van der Waals surface area contributed by atoms with Crippen molar-refractivity contribution in [3.63, 3.8) is 0 Å². The SMILES string of the molecule is O=C(C[C@@H]1C=CCC1)Nc1cccnc1Oc1ccccc1. The minimum Gasteiger partial charge on any atom is -0.437 e. The van der Waals surface area contributed by atoms with Gasteiger partial charge in [0, 0.05) is 12.6 Å². The molecule has 0 saturated heterocycles. The van der Waals surface area contributed by atoms with Crippen LogP contribution in [0.2, 0.25) is 0 Å². The fourth-order valence-electron chi connectivity index (χ4n) is 2.47. The molecule has 0 aliphatic heterocycles. The Morgan fingerprint density at radius 1 is 1.23 bits per heavy atom. The molecular formula is C18H18N2O2. The Kier molecular flexibility index (Phi) is 4.49. The maximum Gasteiger partial charge on any atom is 0.243 e. The lowest BCUT2D eigenvalue weighted by molar-refractivity contribution is -0.116. The Morgan fingerprint density at radius 3 is 2.86 bits per heavy atom. The number of rotatable bonds is 5. The quantitative estimate of drug-likeness (QED) is 0.842. The van der Waals surface area contributed by atoms with Gasteiger partial charge < -0.3 is 10.1 Å². The van der Waals surface area contributed by atoms with Gasteiger partial charge in [0.25, 0.3) is 0 Å². The van der Waals surface area contributed by atoms with Crippen molar-refractivity contribution < 1.29 is 9.53 Å². The van der Waals surface area contributed by atoms with Gasteiger partial charge in [0.1, 0.15) is 11.4 Å². The molecule has 0 bridgehead atoms. The van der Waals surface area contributed by atoms with Crippen LogP contribution in [0.3, 0.4) is 0 Å². The predicted octanol–water partition coefficient (Wildman–Crippen LogP) is 4.17. The predicted molar refractivity (Wildman–Crippen MR) is 85.9 cm³/mol. The summed E-state index contributed by atoms with van der Waals surface area (Å²) in [5, 5.41) is 2.90. The summed E-state index contributed by atoms with van der Waals surface area (Å²) in [5.74, 6) is 1.43. The lowest BCUT2D eigenvalue weighted by Gasteiger charge is -2.12. The molecule has 0 fully saturated rings. The van der Waals surface area contributed by atoms with Crippen molar-refractivity contribution in [1.82, 2.24) is 4.98 Å². The van der Waals surface area contributed by atoms with Crippen LogP contribution in [0, 0.1) is 5.92 Å². The Labute approximate surface area is 129 Å². The van der Waals surface area contributed by atoms with E-state index in [4.69, 9.17) is 4.74 Å². The van der Waals surface area contributed by atoms with Gasteiger partial charge in [0.2, 0.25) is 11.8 Å². The number of pyridine rings is 1. The van der Waals surface area contributed by atoms with Crippen molar-refractivity contribution in [2.24, 2.45) is 5.92 Å². The Morgan fingerprint density at radius 2 is 2.09 bits per heavy atom. The van der Waals surface area contributed by atoms with Gasteiger partial charge in [-0.15, -0.1) is 0 Å². The van der Waals surface area contributed by atoms with Crippen LogP contribution in [0.1, 0.15) is 19.3 Å². The van der Waals surface area contributed by atoms with E-state index in [0.717, 1.165) is 12.8 Å². The number of ether oxygens (including phenoxy) is 1. The lowest BCUT2D eigenvalue weighted by atomic mass is 10.1. The molecule has 1 aromatic carbocycles. The minimum atomic E-state index is -0.0116. The van der Waals surface area contributed by atoms with E-state index in [1.165, 1.54) is 0 Å². The van der Waals surface area contributed by atoms with E-state index in [2.05, 4.69) is 22.5 Å². The number of hydrogen-bond acceptors (Lipinski definition) is 3. The van der Waals surface area contributed by atoms with Gasteiger partial charge in [-0.25, -0.2) is 4.98 Å². The normalized spacial score (nSPS) is 16.5. The maximum absolute atomic E-state index is 12.1. The van der Waals surface area contributed by atoms with Crippen LogP contribution in [0.4, 0.5) is 5.69 Å². The summed E-state index contributed by atoms with van der Waals surface area (Å²) in [7, 11) is 0. The van der Waals surface area contributed by atoms with E-state index in [0.29, 0.717) is 29.7 Å². The topological polar surface area (TPSA) is 51.2 Å². The highest BCUT2D eigenvalue weighted by atomic mass is 16.5. The maximum atomic E-state index is 12.1. The molecule has 22 heavy (non-hydrogen) atoms. The zero-order valence-corrected chi connectivity index (χ0v) is 12.2. The molecule has 1 atom stereocenters. The second-order valence-corrected chi connectivity index (χ2v) is 5.29. The van der Waals surface area contributed by atoms with E-state index in [-0.39, 0.29) is 5.91 Å². The zero-order valence-electron chi connectivity index (χ0n) is 12.2. The number of nitrogens with one attached hydrogen (secondary N) is 1. The third-order valence-electron chi connectivity index (χ3n) is 3.56. The number of carbonyl (C=O) groups is 1. The molecule has 2 aromatic rings. The number of amides is 1. The Hall–Kier alpha value is -2.62. The van der Waals surface area contributed by atoms with Crippen LogP contribution < -0.4 is 10.1 Å². The first-order valence-corrected chi connectivity index (χ1v) is 7.46. The third-order valence-corrected chi connectivity index (χ3v) is 3.56. The van der Waals surface area contributed by atoms with Crippen molar-refractivity contribution in [1.29, 1.82) is 0 Å². The van der Waals surface area contributed by atoms with Gasteiger partial charge in [0.15, 0.2) is 0 Å². The third kappa shape index (κ3) is 3.73. The van der Waals surface area contributed by atoms with Crippen molar-refractivity contribution in [2.75, 3.05) is 5.32 Å². The fraction of sp³-hybridized carbons (Fsp3) is 0.222. The molecule has 1 aliphatic carbocycles. The second kappa shape index (κ2) is 6.89. The molecule has 0 radical (unpaired) electrons. The van der Waals surface area contributed by atoms with Gasteiger partial charge in [0.05, 0.1) is 0 Å². The second-order valence-electron chi connectivity index (χ2n) is 5.29. The van der Waals surface area contributed by atoms with E-state index < -0.39 is 0 Å². The monoisotopic (exact) mass is 294 g/mol. The highest BCUT2D eigenvalue weighted by Crippen LogP contribution is 2.27. The average Bonchev–Trinajstić information content (AvgIpc) is 3.03. The highest BCUT2D eigenvalue weighted by Gasteiger charge is 2.16. The molecule has 1 aliphatic rings. The largest absolute Gasteiger partial charge is 0.437 e. The first kappa shape index (κ1) is 14.3. The number of para-hydroxylation sites is 1. The molecule has 0 spiro atoms. The van der Waals surface area contributed by atoms with E-state index >= 15 is 0 Å². The minimum absolute atomic E-state index is 0.0116. The molecule has 0 saturated carbocycles. The summed E-state index contributed by atoms with van der Waals surface area (Å²) in [6.07, 6.45) is 8.50. The summed E-state index contributed by atoms with van der Waals surface area (Å²) >= 11 is 0. The number of aromatic nitrogens is 1. The van der Waals surface area contributed by atoms with Crippen LogP contribution >= 0.6 is 0 Å². The van der Waals surface area contributed by atoms with Crippen molar-refractivity contribution in [2.45, 2.75) is 19.3 Å². The van der Waals surface area contributed by atoms with Crippen LogP contribution in [-0.2, 0) is 4.79 Å². The molecule has 3 rings (SSSR count). The zero-order chi connectivity index (χ0) is 15.2. The first-order chi connectivity index (χ1) is 10.8. The Bertz CT molecular complexity index is 668. The molecule has 1 N–H and O–H groups in total. The summed E-state index contributed by atoms with van der Waals surface area (Å²) in [4.78, 5) is 16.4. The van der Waals surface area contributed by atoms with Gasteiger partial charge in [-0.1, -0.05) is 30.4 Å². The molecule has 4 heteroatoms. The summed E-state index contributed by atoms with van der Waals surface area (Å²) in [5.41, 5.74) is 0.596. The van der Waals surface area contributed by atoms with Crippen molar-refractivity contribution in [3.05, 3.63) is 60.8 Å². The van der Waals surface area contributed by atoms with Crippen LogP contribution in [0.5, 0.6) is 11.6 Å². The smallest absolute Gasteiger partial charge is 0.243 e. The standard InChI is InChI=1S/C18H18N2O2/c21-17(13-14-7-4-5-8-14)20-16-11-6-12-19-18(16)22-15-9-2-1-3-10-15/h1-4,6-7,9-12,14H,5,8,13H2,(H,20,21)/t14-/m1/s1. The molecule has 0 unspecified atom stereocenters. The number of nitrogens with zero attached hydrogens (tertiary/aromatic N) is 1. The van der Waals surface area contributed by atoms with Gasteiger partial charge in [-0.05, 0) is 43.0 Å². The fourth-order valence-corrected chi connectivity index (χ4v) is 2.47. The number of carbonyl (C=O) groups excluding carboxylic acids is 1. The lowest BCUT2D eigenvalue weighted by Crippen LogP contribution is -2.15. The molecule has 1 aromatic heterocycles. The Balaban J connectivity index is 1.68. The van der Waals surface area contributed by atoms with Crippen molar-refractivity contribution in [3.8, 4) is 11.6 Å². The number of anilines is 1. The molecule has 1 heterocycles. The van der Waals surface area contributed by atoms with Crippen LogP contribution in [0.15, 0.2) is 60.8 Å². The van der Waals surface area contributed by atoms with Crippen LogP contribution in [0.25, 0.3) is 0 Å². The van der Waals surface area contributed by atoms with Crippen LogP contribution in [-0.4, -0.2) is 10.9 Å². The van der Waals surface area contributed by atoms with Crippen molar-refractivity contribution >= 4 is 11.6 Å². The molecule has 112 valence electrons. The van der Waals surface area contributed by atoms with Gasteiger partial charge in [-0.2, -0.15) is 0 Å². The molecule has 4 nitrogen and oxygen atoms in total. The van der Waals surface area contributed by atoms with E-state index in [9.17, 15) is 4.79 Å². The van der Waals surface area contributed by atoms with E-state index in [1.807, 2.05) is 30.3 Å². The molecular weight excluding hydrogens is 276 g/mol. The first-order valence-electron chi connectivity index (χ1n) is 7.46. The van der Waals surface area contributed by atoms with Gasteiger partial charge in [-0.3, -0.25) is 4.79 Å². The highest BCUT2D eigenvalue weighted by molar-refractivity contribution is 5.92. The van der Waals surface area contributed by atoms with Gasteiger partial charge >= 0.3 is 0 Å². The van der Waals surface area contributed by atoms with E-state index in [1.54, 1.807) is 18.3 Å². The summed E-state index contributed by atoms with van der Waals surface area (Å²) < 4.78 is 5.74. The average molecular weight is 294 g/mol. The molecule has 1 amide bonds. The number of benzene rings is 1. The summed E-state index contributed by atoms with van der Waals surface area (Å²) in [6.45, 7) is 0. The summed E-state index contributed by atoms with van der Waals surface area (Å²) in [6, 6.07) is 13.0. The number of allylic oxidation sites excluding steroid dienone is 2. The number of hydrogen-bond donors (Lipinski definition) is 1.